The Kier molecular flexibility index (Phi) is 4.22. The number of aromatic nitrogens is 1. The molecule has 0 aliphatic heterocycles. The molecule has 0 aliphatic rings. The third-order valence-electron chi connectivity index (χ3n) is 2.56. The van der Waals surface area contributed by atoms with Crippen molar-refractivity contribution in [1.29, 1.82) is 0 Å². The van der Waals surface area contributed by atoms with Gasteiger partial charge in [-0.2, -0.15) is 4.39 Å². The van der Waals surface area contributed by atoms with Crippen molar-refractivity contribution in [3.05, 3.63) is 55.5 Å². The average Bonchev–Trinajstić information content (AvgIpc) is 2.82. The van der Waals surface area contributed by atoms with Gasteiger partial charge in [-0.05, 0) is 13.0 Å². The molecule has 9 heteroatoms. The third-order valence-corrected chi connectivity index (χ3v) is 3.53. The summed E-state index contributed by atoms with van der Waals surface area (Å²) in [5.41, 5.74) is -1.17. The highest BCUT2D eigenvalue weighted by atomic mass is 32.1. The van der Waals surface area contributed by atoms with Crippen molar-refractivity contribution in [3.63, 3.8) is 0 Å². The van der Waals surface area contributed by atoms with Crippen LogP contribution in [0.1, 0.15) is 21.1 Å². The number of benzene rings is 1. The Balaban J connectivity index is 2.22. The fraction of sp³-hybridized carbons (Fsp3) is 0.167. The van der Waals surface area contributed by atoms with Gasteiger partial charge in [-0.25, -0.2) is 9.37 Å². The predicted molar refractivity (Wildman–Crippen MR) is 71.0 cm³/mol. The van der Waals surface area contributed by atoms with Crippen LogP contribution in [0, 0.1) is 28.7 Å². The highest BCUT2D eigenvalue weighted by Gasteiger charge is 2.26. The van der Waals surface area contributed by atoms with Gasteiger partial charge in [-0.15, -0.1) is 11.3 Å². The normalized spacial score (nSPS) is 10.4. The van der Waals surface area contributed by atoms with Gasteiger partial charge in [0.15, 0.2) is 0 Å². The lowest BCUT2D eigenvalue weighted by Gasteiger charge is -2.06. The number of nitrogens with one attached hydrogen (secondary N) is 1. The molecule has 1 amide bonds. The number of nitro benzene ring substituents is 1. The zero-order valence-electron chi connectivity index (χ0n) is 10.7. The van der Waals surface area contributed by atoms with Gasteiger partial charge in [-0.3, -0.25) is 14.9 Å². The highest BCUT2D eigenvalue weighted by Crippen LogP contribution is 2.23. The number of aryl methyl sites for hydroxylation is 1. The molecule has 0 spiro atoms. The molecule has 0 fully saturated rings. The Morgan fingerprint density at radius 3 is 2.76 bits per heavy atom. The van der Waals surface area contributed by atoms with Crippen molar-refractivity contribution in [2.75, 3.05) is 0 Å². The molecule has 1 N–H and O–H groups in total. The first-order valence-electron chi connectivity index (χ1n) is 5.71. The first-order chi connectivity index (χ1) is 9.90. The number of hydrogen-bond acceptors (Lipinski definition) is 5. The number of nitro groups is 1. The second-order valence-corrected chi connectivity index (χ2v) is 5.02. The van der Waals surface area contributed by atoms with E-state index in [0.717, 1.165) is 5.69 Å². The summed E-state index contributed by atoms with van der Waals surface area (Å²) in [5, 5.41) is 15.2. The Morgan fingerprint density at radius 1 is 1.48 bits per heavy atom. The fourth-order valence-corrected chi connectivity index (χ4v) is 2.33. The topological polar surface area (TPSA) is 85.1 Å². The van der Waals surface area contributed by atoms with Crippen LogP contribution in [0.4, 0.5) is 14.5 Å². The summed E-state index contributed by atoms with van der Waals surface area (Å²) < 4.78 is 27.3. The third kappa shape index (κ3) is 3.19. The van der Waals surface area contributed by atoms with Crippen molar-refractivity contribution in [3.8, 4) is 0 Å². The van der Waals surface area contributed by atoms with E-state index >= 15 is 0 Å². The van der Waals surface area contributed by atoms with Crippen molar-refractivity contribution < 1.29 is 18.5 Å². The second kappa shape index (κ2) is 5.92. The zero-order chi connectivity index (χ0) is 15.6. The molecule has 1 aromatic heterocycles. The van der Waals surface area contributed by atoms with Crippen LogP contribution in [0.2, 0.25) is 0 Å². The molecule has 0 unspecified atom stereocenters. The number of rotatable bonds is 4. The molecule has 6 nitrogen and oxygen atoms in total. The Morgan fingerprint density at radius 2 is 2.19 bits per heavy atom. The maximum absolute atomic E-state index is 13.8. The van der Waals surface area contributed by atoms with E-state index in [1.165, 1.54) is 11.3 Å². The molecule has 0 radical (unpaired) electrons. The molecule has 0 bridgehead atoms. The van der Waals surface area contributed by atoms with E-state index in [4.69, 9.17) is 0 Å². The predicted octanol–water partition coefficient (Wildman–Crippen LogP) is 2.57. The largest absolute Gasteiger partial charge is 0.345 e. The zero-order valence-corrected chi connectivity index (χ0v) is 11.5. The summed E-state index contributed by atoms with van der Waals surface area (Å²) >= 11 is 1.28. The summed E-state index contributed by atoms with van der Waals surface area (Å²) in [6, 6.07) is 1.36. The summed E-state index contributed by atoms with van der Waals surface area (Å²) in [6.07, 6.45) is 0. The van der Waals surface area contributed by atoms with Crippen LogP contribution in [-0.4, -0.2) is 15.8 Å². The van der Waals surface area contributed by atoms with E-state index in [1.54, 1.807) is 12.3 Å². The average molecular weight is 313 g/mol. The molecule has 2 rings (SSSR count). The van der Waals surface area contributed by atoms with Gasteiger partial charge >= 0.3 is 5.69 Å². The van der Waals surface area contributed by atoms with Crippen molar-refractivity contribution >= 4 is 22.9 Å². The van der Waals surface area contributed by atoms with Crippen LogP contribution < -0.4 is 5.32 Å². The van der Waals surface area contributed by atoms with E-state index in [-0.39, 0.29) is 6.54 Å². The van der Waals surface area contributed by atoms with Crippen LogP contribution in [0.3, 0.4) is 0 Å². The van der Waals surface area contributed by atoms with Crippen LogP contribution in [0.25, 0.3) is 0 Å². The summed E-state index contributed by atoms with van der Waals surface area (Å²) in [6.45, 7) is 1.75. The van der Waals surface area contributed by atoms with Gasteiger partial charge in [0.2, 0.25) is 5.82 Å². The van der Waals surface area contributed by atoms with E-state index < -0.39 is 33.7 Å². The maximum atomic E-state index is 13.8. The number of thiazole rings is 1. The number of halogens is 2. The fourth-order valence-electron chi connectivity index (χ4n) is 1.62. The molecule has 0 saturated heterocycles. The Bertz CT molecular complexity index is 718. The molecule has 110 valence electrons. The van der Waals surface area contributed by atoms with E-state index in [9.17, 15) is 23.7 Å². The molecule has 2 aromatic rings. The van der Waals surface area contributed by atoms with Gasteiger partial charge in [0.25, 0.3) is 5.91 Å². The van der Waals surface area contributed by atoms with Crippen molar-refractivity contribution in [2.24, 2.45) is 0 Å². The molecular weight excluding hydrogens is 304 g/mol. The number of amides is 1. The standard InChI is InChI=1S/C12H9F2N3O3S/c1-6-5-21-9(16-6)4-15-12(18)10-7(13)2-3-8(11(10)14)17(19)20/h2-3,5H,4H2,1H3,(H,15,18). The first-order valence-corrected chi connectivity index (χ1v) is 6.59. The van der Waals surface area contributed by atoms with Crippen LogP contribution >= 0.6 is 11.3 Å². The smallest absolute Gasteiger partial charge is 0.305 e. The lowest BCUT2D eigenvalue weighted by atomic mass is 10.1. The molecule has 1 aromatic carbocycles. The quantitative estimate of drug-likeness (QED) is 0.694. The van der Waals surface area contributed by atoms with Gasteiger partial charge in [0.05, 0.1) is 11.5 Å². The Hall–Kier alpha value is -2.42. The molecule has 1 heterocycles. The van der Waals surface area contributed by atoms with Crippen molar-refractivity contribution in [1.82, 2.24) is 10.3 Å². The summed E-state index contributed by atoms with van der Waals surface area (Å²) in [5.74, 6) is -3.72. The minimum Gasteiger partial charge on any atom is -0.345 e. The lowest BCUT2D eigenvalue weighted by Crippen LogP contribution is -2.25. The van der Waals surface area contributed by atoms with Crippen LogP contribution in [0.15, 0.2) is 17.5 Å². The summed E-state index contributed by atoms with van der Waals surface area (Å²) in [4.78, 5) is 25.5. The van der Waals surface area contributed by atoms with Gasteiger partial charge in [0.1, 0.15) is 16.4 Å². The monoisotopic (exact) mass is 313 g/mol. The van der Waals surface area contributed by atoms with Gasteiger partial charge in [-0.1, -0.05) is 0 Å². The number of hydrogen-bond donors (Lipinski definition) is 1. The highest BCUT2D eigenvalue weighted by molar-refractivity contribution is 7.09. The van der Waals surface area contributed by atoms with E-state index in [2.05, 4.69) is 10.3 Å². The first kappa shape index (κ1) is 15.0. The number of carbonyl (C=O) groups is 1. The second-order valence-electron chi connectivity index (χ2n) is 4.08. The van der Waals surface area contributed by atoms with Gasteiger partial charge < -0.3 is 5.32 Å². The molecule has 0 atom stereocenters. The van der Waals surface area contributed by atoms with Crippen LogP contribution in [0.5, 0.6) is 0 Å². The minimum absolute atomic E-state index is 0.0150. The van der Waals surface area contributed by atoms with Crippen LogP contribution in [-0.2, 0) is 6.54 Å². The van der Waals surface area contributed by atoms with Gasteiger partial charge in [0, 0.05) is 17.1 Å². The van der Waals surface area contributed by atoms with E-state index in [0.29, 0.717) is 17.1 Å². The molecular formula is C12H9F2N3O3S. The van der Waals surface area contributed by atoms with E-state index in [1.807, 2.05) is 0 Å². The minimum atomic E-state index is -1.49. The Labute approximate surface area is 121 Å². The summed E-state index contributed by atoms with van der Waals surface area (Å²) in [7, 11) is 0. The SMILES string of the molecule is Cc1csc(CNC(=O)c2c(F)ccc([N+](=O)[O-])c2F)n1. The number of carbonyl (C=O) groups excluding carboxylic acids is 1. The lowest BCUT2D eigenvalue weighted by molar-refractivity contribution is -0.387. The van der Waals surface area contributed by atoms with Crippen molar-refractivity contribution in [2.45, 2.75) is 13.5 Å². The maximum Gasteiger partial charge on any atom is 0.305 e. The molecule has 0 saturated carbocycles. The molecule has 0 aliphatic carbocycles. The molecule has 21 heavy (non-hydrogen) atoms. The number of nitrogens with zero attached hydrogens (tertiary/aromatic N) is 2.